The number of hydrogen-bond donors (Lipinski definition) is 1. The lowest BCUT2D eigenvalue weighted by atomic mass is 10.2. The molecule has 1 N–H and O–H groups in total. The molecule has 1 aromatic carbocycles. The van der Waals surface area contributed by atoms with Gasteiger partial charge in [0.1, 0.15) is 12.4 Å². The van der Waals surface area contributed by atoms with E-state index in [9.17, 15) is 8.42 Å². The number of ether oxygens (including phenoxy) is 2. The maximum absolute atomic E-state index is 11.9. The van der Waals surface area contributed by atoms with Crippen molar-refractivity contribution in [1.29, 1.82) is 0 Å². The smallest absolute Gasteiger partial charge is 0.279 e. The average Bonchev–Trinajstić information content (AvgIpc) is 2.46. The van der Waals surface area contributed by atoms with Crippen LogP contribution in [0.1, 0.15) is 5.56 Å². The Morgan fingerprint density at radius 1 is 1.25 bits per heavy atom. The van der Waals surface area contributed by atoms with Crippen molar-refractivity contribution < 1.29 is 17.9 Å². The van der Waals surface area contributed by atoms with Crippen molar-refractivity contribution in [3.63, 3.8) is 0 Å². The van der Waals surface area contributed by atoms with E-state index in [4.69, 9.17) is 9.47 Å². The van der Waals surface area contributed by atoms with Gasteiger partial charge in [0.25, 0.3) is 10.2 Å². The van der Waals surface area contributed by atoms with E-state index in [0.717, 1.165) is 11.3 Å². The number of rotatable bonds is 6. The van der Waals surface area contributed by atoms with Crippen LogP contribution in [0.3, 0.4) is 0 Å². The number of nitrogens with zero attached hydrogens (tertiary/aromatic N) is 1. The second kappa shape index (κ2) is 7.03. The second-order valence-electron chi connectivity index (χ2n) is 4.57. The van der Waals surface area contributed by atoms with Gasteiger partial charge in [-0.1, -0.05) is 17.7 Å². The quantitative estimate of drug-likeness (QED) is 0.779. The molecule has 1 aliphatic rings. The van der Waals surface area contributed by atoms with E-state index in [0.29, 0.717) is 32.9 Å². The summed E-state index contributed by atoms with van der Waals surface area (Å²) in [5.74, 6) is 0.737. The molecule has 1 aliphatic heterocycles. The molecular formula is C13H20N2O4S. The summed E-state index contributed by atoms with van der Waals surface area (Å²) in [5.41, 5.74) is 1.16. The molecule has 0 amide bonds. The van der Waals surface area contributed by atoms with Crippen LogP contribution in [0.25, 0.3) is 0 Å². The molecule has 1 saturated heterocycles. The molecule has 1 heterocycles. The summed E-state index contributed by atoms with van der Waals surface area (Å²) in [6.07, 6.45) is 0. The monoisotopic (exact) mass is 300 g/mol. The summed E-state index contributed by atoms with van der Waals surface area (Å²) in [5, 5.41) is 0. The molecule has 112 valence electrons. The van der Waals surface area contributed by atoms with Gasteiger partial charge in [-0.3, -0.25) is 0 Å². The van der Waals surface area contributed by atoms with Gasteiger partial charge in [-0.2, -0.15) is 17.4 Å². The van der Waals surface area contributed by atoms with Crippen molar-refractivity contribution in [2.24, 2.45) is 0 Å². The normalized spacial score (nSPS) is 17.1. The average molecular weight is 300 g/mol. The highest BCUT2D eigenvalue weighted by atomic mass is 32.2. The van der Waals surface area contributed by atoms with Gasteiger partial charge in [-0.25, -0.2) is 0 Å². The minimum atomic E-state index is -3.42. The Morgan fingerprint density at radius 3 is 2.55 bits per heavy atom. The lowest BCUT2D eigenvalue weighted by Gasteiger charge is -2.26. The third-order valence-electron chi connectivity index (χ3n) is 2.99. The Balaban J connectivity index is 1.73. The van der Waals surface area contributed by atoms with Crippen LogP contribution in [0, 0.1) is 6.92 Å². The van der Waals surface area contributed by atoms with Crippen LogP contribution in [0.15, 0.2) is 24.3 Å². The molecule has 0 atom stereocenters. The molecule has 0 bridgehead atoms. The molecule has 0 saturated carbocycles. The molecule has 0 radical (unpaired) electrons. The van der Waals surface area contributed by atoms with Crippen LogP contribution in [-0.4, -0.2) is 52.2 Å². The summed E-state index contributed by atoms with van der Waals surface area (Å²) >= 11 is 0. The van der Waals surface area contributed by atoms with E-state index in [1.165, 1.54) is 4.31 Å². The zero-order valence-corrected chi connectivity index (χ0v) is 12.4. The van der Waals surface area contributed by atoms with Crippen LogP contribution in [0.5, 0.6) is 5.75 Å². The van der Waals surface area contributed by atoms with E-state index >= 15 is 0 Å². The molecule has 0 unspecified atom stereocenters. The van der Waals surface area contributed by atoms with Crippen LogP contribution < -0.4 is 9.46 Å². The van der Waals surface area contributed by atoms with E-state index in [1.54, 1.807) is 0 Å². The Labute approximate surface area is 119 Å². The molecule has 7 heteroatoms. The molecule has 6 nitrogen and oxygen atoms in total. The third-order valence-corrected chi connectivity index (χ3v) is 4.60. The van der Waals surface area contributed by atoms with E-state index in [1.807, 2.05) is 31.2 Å². The molecule has 20 heavy (non-hydrogen) atoms. The van der Waals surface area contributed by atoms with Gasteiger partial charge in [0.2, 0.25) is 0 Å². The van der Waals surface area contributed by atoms with Crippen molar-refractivity contribution in [3.8, 4) is 5.75 Å². The molecule has 1 fully saturated rings. The first-order valence-electron chi connectivity index (χ1n) is 6.60. The van der Waals surface area contributed by atoms with Crippen molar-refractivity contribution in [3.05, 3.63) is 29.8 Å². The molecular weight excluding hydrogens is 280 g/mol. The summed E-state index contributed by atoms with van der Waals surface area (Å²) < 4.78 is 38.4. The molecule has 2 rings (SSSR count). The van der Waals surface area contributed by atoms with Crippen molar-refractivity contribution in [2.75, 3.05) is 39.5 Å². The number of hydrogen-bond acceptors (Lipinski definition) is 4. The Morgan fingerprint density at radius 2 is 1.90 bits per heavy atom. The van der Waals surface area contributed by atoms with E-state index in [-0.39, 0.29) is 6.54 Å². The van der Waals surface area contributed by atoms with Gasteiger partial charge in [-0.05, 0) is 19.1 Å². The van der Waals surface area contributed by atoms with E-state index in [2.05, 4.69) is 4.72 Å². The highest BCUT2D eigenvalue weighted by Gasteiger charge is 2.23. The number of nitrogens with one attached hydrogen (secondary N) is 1. The van der Waals surface area contributed by atoms with Gasteiger partial charge in [0.15, 0.2) is 0 Å². The zero-order valence-electron chi connectivity index (χ0n) is 11.5. The fraction of sp³-hybridized carbons (Fsp3) is 0.538. The standard InChI is InChI=1S/C13H20N2O4S/c1-12-2-4-13(5-3-12)19-9-6-14-20(16,17)15-7-10-18-11-8-15/h2-5,14H,6-11H2,1H3. The minimum absolute atomic E-state index is 0.244. The van der Waals surface area contributed by atoms with Crippen LogP contribution >= 0.6 is 0 Å². The largest absolute Gasteiger partial charge is 0.492 e. The third kappa shape index (κ3) is 4.45. The van der Waals surface area contributed by atoms with E-state index < -0.39 is 10.2 Å². The van der Waals surface area contributed by atoms with Crippen molar-refractivity contribution in [1.82, 2.24) is 9.03 Å². The Kier molecular flexibility index (Phi) is 5.36. The van der Waals surface area contributed by atoms with Gasteiger partial charge in [0.05, 0.1) is 13.2 Å². The maximum atomic E-state index is 11.9. The predicted molar refractivity (Wildman–Crippen MR) is 76.0 cm³/mol. The van der Waals surface area contributed by atoms with Gasteiger partial charge in [-0.15, -0.1) is 0 Å². The first-order chi connectivity index (χ1) is 9.58. The summed E-state index contributed by atoms with van der Waals surface area (Å²) in [4.78, 5) is 0. The van der Waals surface area contributed by atoms with Crippen molar-refractivity contribution in [2.45, 2.75) is 6.92 Å². The van der Waals surface area contributed by atoms with Gasteiger partial charge in [0, 0.05) is 19.6 Å². The lowest BCUT2D eigenvalue weighted by Crippen LogP contribution is -2.47. The summed E-state index contributed by atoms with van der Waals surface area (Å²) in [6, 6.07) is 7.64. The lowest BCUT2D eigenvalue weighted by molar-refractivity contribution is 0.0724. The number of benzene rings is 1. The Bertz CT molecular complexity index is 510. The van der Waals surface area contributed by atoms with Crippen molar-refractivity contribution >= 4 is 10.2 Å². The minimum Gasteiger partial charge on any atom is -0.492 e. The maximum Gasteiger partial charge on any atom is 0.279 e. The zero-order chi connectivity index (χ0) is 14.4. The van der Waals surface area contributed by atoms with Crippen LogP contribution in [0.2, 0.25) is 0 Å². The molecule has 1 aromatic rings. The fourth-order valence-corrected chi connectivity index (χ4v) is 3.01. The number of aryl methyl sites for hydroxylation is 1. The van der Waals surface area contributed by atoms with Crippen LogP contribution in [0.4, 0.5) is 0 Å². The summed E-state index contributed by atoms with van der Waals surface area (Å²) in [6.45, 7) is 4.23. The highest BCUT2D eigenvalue weighted by Crippen LogP contribution is 2.11. The predicted octanol–water partition coefficient (Wildman–Crippen LogP) is 0.540. The first-order valence-corrected chi connectivity index (χ1v) is 8.04. The Hall–Kier alpha value is -1.15. The highest BCUT2D eigenvalue weighted by molar-refractivity contribution is 7.87. The fourth-order valence-electron chi connectivity index (χ4n) is 1.85. The topological polar surface area (TPSA) is 67.9 Å². The van der Waals surface area contributed by atoms with Gasteiger partial charge < -0.3 is 9.47 Å². The molecule has 0 aliphatic carbocycles. The SMILES string of the molecule is Cc1ccc(OCCNS(=O)(=O)N2CCOCC2)cc1. The first kappa shape index (κ1) is 15.2. The molecule has 0 spiro atoms. The second-order valence-corrected chi connectivity index (χ2v) is 6.33. The molecule has 0 aromatic heterocycles. The number of morpholine rings is 1. The van der Waals surface area contributed by atoms with Crippen LogP contribution in [-0.2, 0) is 14.9 Å². The van der Waals surface area contributed by atoms with Gasteiger partial charge >= 0.3 is 0 Å². The summed E-state index contributed by atoms with van der Waals surface area (Å²) in [7, 11) is -3.42.